The lowest BCUT2D eigenvalue weighted by molar-refractivity contribution is -0.144. The molecule has 1 N–H and O–H groups in total. The maximum absolute atomic E-state index is 12.2. The van der Waals surface area contributed by atoms with Gasteiger partial charge in [0.25, 0.3) is 0 Å². The van der Waals surface area contributed by atoms with Gasteiger partial charge in [-0.2, -0.15) is 0 Å². The number of esters is 1. The van der Waals surface area contributed by atoms with E-state index in [4.69, 9.17) is 4.74 Å². The van der Waals surface area contributed by atoms with Gasteiger partial charge >= 0.3 is 5.97 Å². The Balaban J connectivity index is 2.27. The molecule has 1 unspecified atom stereocenters. The van der Waals surface area contributed by atoms with Gasteiger partial charge in [-0.15, -0.1) is 0 Å². The molecule has 1 heterocycles. The second-order valence-electron chi connectivity index (χ2n) is 4.63. The molecule has 5 heteroatoms. The summed E-state index contributed by atoms with van der Waals surface area (Å²) in [7, 11) is 0. The number of aromatic nitrogens is 1. The molecular weight excluding hydrogens is 332 g/mol. The lowest BCUT2D eigenvalue weighted by Gasteiger charge is -2.18. The summed E-state index contributed by atoms with van der Waals surface area (Å²) in [6.07, 6.45) is 3.34. The first-order valence-electron chi connectivity index (χ1n) is 6.70. The van der Waals surface area contributed by atoms with E-state index in [0.717, 1.165) is 21.3 Å². The molecule has 0 aliphatic rings. The van der Waals surface area contributed by atoms with Gasteiger partial charge in [0.05, 0.1) is 6.61 Å². The summed E-state index contributed by atoms with van der Waals surface area (Å²) in [5.74, 6) is -0.321. The van der Waals surface area contributed by atoms with E-state index in [-0.39, 0.29) is 5.97 Å². The van der Waals surface area contributed by atoms with Gasteiger partial charge in [-0.05, 0) is 48.0 Å². The minimum atomic E-state index is -0.586. The predicted molar refractivity (Wildman–Crippen MR) is 86.1 cm³/mol. The summed E-state index contributed by atoms with van der Waals surface area (Å²) in [4.78, 5) is 16.3. The van der Waals surface area contributed by atoms with Crippen molar-refractivity contribution in [2.75, 3.05) is 11.9 Å². The average Bonchev–Trinajstić information content (AvgIpc) is 2.47. The quantitative estimate of drug-likeness (QED) is 0.833. The van der Waals surface area contributed by atoms with E-state index >= 15 is 0 Å². The van der Waals surface area contributed by atoms with Gasteiger partial charge in [0.2, 0.25) is 0 Å². The van der Waals surface area contributed by atoms with E-state index in [1.165, 1.54) is 0 Å². The van der Waals surface area contributed by atoms with Crippen LogP contribution in [-0.4, -0.2) is 17.6 Å². The number of halogens is 1. The summed E-state index contributed by atoms with van der Waals surface area (Å²) < 4.78 is 5.97. The van der Waals surface area contributed by atoms with Crippen LogP contribution in [0.5, 0.6) is 0 Å². The molecule has 2 rings (SSSR count). The number of carbonyl (C=O) groups is 1. The van der Waals surface area contributed by atoms with Crippen LogP contribution in [0.4, 0.5) is 5.69 Å². The summed E-state index contributed by atoms with van der Waals surface area (Å²) in [6, 6.07) is 9.13. The van der Waals surface area contributed by atoms with Crippen LogP contribution in [0.15, 0.2) is 47.2 Å². The number of pyridine rings is 1. The van der Waals surface area contributed by atoms with E-state index in [9.17, 15) is 4.79 Å². The highest BCUT2D eigenvalue weighted by atomic mass is 79.9. The van der Waals surface area contributed by atoms with Gasteiger partial charge in [0, 0.05) is 28.1 Å². The summed E-state index contributed by atoms with van der Waals surface area (Å²) in [6.45, 7) is 4.15. The molecule has 0 radical (unpaired) electrons. The lowest BCUT2D eigenvalue weighted by atomic mass is 10.1. The zero-order chi connectivity index (χ0) is 15.2. The molecule has 1 aromatic carbocycles. The molecule has 4 nitrogen and oxygen atoms in total. The maximum atomic E-state index is 12.2. The highest BCUT2D eigenvalue weighted by molar-refractivity contribution is 9.10. The molecule has 1 aromatic heterocycles. The van der Waals surface area contributed by atoms with Crippen LogP contribution in [-0.2, 0) is 9.53 Å². The number of aryl methyl sites for hydroxylation is 1. The predicted octanol–water partition coefficient (Wildman–Crippen LogP) is 3.87. The van der Waals surface area contributed by atoms with E-state index in [1.807, 2.05) is 37.3 Å². The van der Waals surface area contributed by atoms with Crippen molar-refractivity contribution in [3.8, 4) is 0 Å². The van der Waals surface area contributed by atoms with Gasteiger partial charge in [0.1, 0.15) is 0 Å². The van der Waals surface area contributed by atoms with E-state index in [1.54, 1.807) is 19.3 Å². The second-order valence-corrected chi connectivity index (χ2v) is 5.55. The van der Waals surface area contributed by atoms with E-state index in [2.05, 4.69) is 26.2 Å². The van der Waals surface area contributed by atoms with Crippen molar-refractivity contribution in [2.24, 2.45) is 0 Å². The highest BCUT2D eigenvalue weighted by Gasteiger charge is 2.22. The number of nitrogens with one attached hydrogen (secondary N) is 1. The first-order valence-corrected chi connectivity index (χ1v) is 7.49. The zero-order valence-corrected chi connectivity index (χ0v) is 13.6. The third-order valence-corrected chi connectivity index (χ3v) is 3.38. The highest BCUT2D eigenvalue weighted by Crippen LogP contribution is 2.23. The largest absolute Gasteiger partial charge is 0.464 e. The monoisotopic (exact) mass is 348 g/mol. The van der Waals surface area contributed by atoms with Crippen LogP contribution >= 0.6 is 15.9 Å². The third kappa shape index (κ3) is 4.29. The number of ether oxygens (including phenoxy) is 1. The number of nitrogens with zero attached hydrogens (tertiary/aromatic N) is 1. The molecule has 1 atom stereocenters. The Morgan fingerprint density at radius 1 is 1.33 bits per heavy atom. The number of anilines is 1. The van der Waals surface area contributed by atoms with Crippen molar-refractivity contribution in [2.45, 2.75) is 19.9 Å². The molecular formula is C16H17BrN2O2. The first-order chi connectivity index (χ1) is 10.1. The average molecular weight is 349 g/mol. The summed E-state index contributed by atoms with van der Waals surface area (Å²) in [5, 5.41) is 3.20. The van der Waals surface area contributed by atoms with Crippen molar-refractivity contribution >= 4 is 27.6 Å². The Hall–Kier alpha value is -1.88. The summed E-state index contributed by atoms with van der Waals surface area (Å²) >= 11 is 3.37. The first kappa shape index (κ1) is 15.5. The minimum absolute atomic E-state index is 0.321. The fourth-order valence-corrected chi connectivity index (χ4v) is 2.29. The fraction of sp³-hybridized carbons (Fsp3) is 0.250. The molecule has 0 bridgehead atoms. The Bertz CT molecular complexity index is 614. The van der Waals surface area contributed by atoms with Crippen molar-refractivity contribution in [3.63, 3.8) is 0 Å². The van der Waals surface area contributed by atoms with Gasteiger partial charge in [-0.25, -0.2) is 4.79 Å². The van der Waals surface area contributed by atoms with Crippen molar-refractivity contribution in [1.82, 2.24) is 4.98 Å². The van der Waals surface area contributed by atoms with Crippen LogP contribution in [0.1, 0.15) is 24.1 Å². The van der Waals surface area contributed by atoms with Gasteiger partial charge < -0.3 is 10.1 Å². The molecule has 0 fully saturated rings. The molecule has 110 valence electrons. The Morgan fingerprint density at radius 3 is 2.67 bits per heavy atom. The van der Waals surface area contributed by atoms with Crippen molar-refractivity contribution < 1.29 is 9.53 Å². The maximum Gasteiger partial charge on any atom is 0.333 e. The SMILES string of the molecule is CCOC(=O)C(Nc1ccc(C)cc1)c1cncc(Br)c1. The Kier molecular flexibility index (Phi) is 5.33. The van der Waals surface area contributed by atoms with Gasteiger partial charge in [-0.3, -0.25) is 4.98 Å². The van der Waals surface area contributed by atoms with Crippen LogP contribution in [0.25, 0.3) is 0 Å². The number of benzene rings is 1. The Labute approximate surface area is 132 Å². The molecule has 0 aliphatic heterocycles. The minimum Gasteiger partial charge on any atom is -0.464 e. The molecule has 0 saturated heterocycles. The summed E-state index contributed by atoms with van der Waals surface area (Å²) in [5.41, 5.74) is 2.78. The zero-order valence-electron chi connectivity index (χ0n) is 12.0. The Morgan fingerprint density at radius 2 is 2.05 bits per heavy atom. The van der Waals surface area contributed by atoms with Gasteiger partial charge in [-0.1, -0.05) is 17.7 Å². The standard InChI is InChI=1S/C16H17BrN2O2/c1-3-21-16(20)15(12-8-13(17)10-18-9-12)19-14-6-4-11(2)5-7-14/h4-10,15,19H,3H2,1-2H3. The molecule has 0 amide bonds. The molecule has 0 saturated carbocycles. The normalized spacial score (nSPS) is 11.8. The number of hydrogen-bond donors (Lipinski definition) is 1. The third-order valence-electron chi connectivity index (χ3n) is 2.94. The molecule has 0 aliphatic carbocycles. The van der Waals surface area contributed by atoms with Gasteiger partial charge in [0.15, 0.2) is 6.04 Å². The van der Waals surface area contributed by atoms with Crippen LogP contribution in [0.3, 0.4) is 0 Å². The fourth-order valence-electron chi connectivity index (χ4n) is 1.91. The van der Waals surface area contributed by atoms with Crippen LogP contribution in [0, 0.1) is 6.92 Å². The van der Waals surface area contributed by atoms with Crippen molar-refractivity contribution in [1.29, 1.82) is 0 Å². The van der Waals surface area contributed by atoms with E-state index in [0.29, 0.717) is 6.61 Å². The van der Waals surface area contributed by atoms with Crippen LogP contribution < -0.4 is 5.32 Å². The smallest absolute Gasteiger partial charge is 0.333 e. The molecule has 2 aromatic rings. The number of rotatable bonds is 5. The number of hydrogen-bond acceptors (Lipinski definition) is 4. The van der Waals surface area contributed by atoms with Crippen molar-refractivity contribution in [3.05, 3.63) is 58.3 Å². The number of carbonyl (C=O) groups excluding carboxylic acids is 1. The van der Waals surface area contributed by atoms with E-state index < -0.39 is 6.04 Å². The van der Waals surface area contributed by atoms with Crippen LogP contribution in [0.2, 0.25) is 0 Å². The lowest BCUT2D eigenvalue weighted by Crippen LogP contribution is -2.23. The molecule has 0 spiro atoms. The molecule has 21 heavy (non-hydrogen) atoms. The second kappa shape index (κ2) is 7.22. The topological polar surface area (TPSA) is 51.2 Å².